The van der Waals surface area contributed by atoms with Crippen LogP contribution in [0.5, 0.6) is 0 Å². The Morgan fingerprint density at radius 1 is 1.33 bits per heavy atom. The summed E-state index contributed by atoms with van der Waals surface area (Å²) >= 11 is 0. The molecular weight excluding hydrogens is 188 g/mol. The molecule has 1 amide bonds. The molecule has 1 rings (SSSR count). The number of carbonyl (C=O) groups excluding carboxylic acids is 1. The van der Waals surface area contributed by atoms with Crippen molar-refractivity contribution in [3.8, 4) is 12.3 Å². The molecule has 2 N–H and O–H groups in total. The minimum atomic E-state index is 0.175. The molecule has 0 aromatic heterocycles. The zero-order valence-electron chi connectivity index (χ0n) is 9.22. The zero-order chi connectivity index (χ0) is 10.9. The Hall–Kier alpha value is -1.01. The van der Waals surface area contributed by atoms with Gasteiger partial charge in [-0.3, -0.25) is 4.79 Å². The number of amides is 1. The number of nitrogens with one attached hydrogen (secondary N) is 2. The molecule has 3 nitrogen and oxygen atoms in total. The highest BCUT2D eigenvalue weighted by atomic mass is 16.1. The molecule has 0 spiro atoms. The quantitative estimate of drug-likeness (QED) is 0.462. The topological polar surface area (TPSA) is 41.1 Å². The van der Waals surface area contributed by atoms with Gasteiger partial charge in [-0.05, 0) is 32.2 Å². The van der Waals surface area contributed by atoms with Crippen molar-refractivity contribution in [2.24, 2.45) is 0 Å². The summed E-state index contributed by atoms with van der Waals surface area (Å²) < 4.78 is 0. The van der Waals surface area contributed by atoms with Crippen LogP contribution in [0, 0.1) is 12.3 Å². The van der Waals surface area contributed by atoms with Crippen LogP contribution in [0.25, 0.3) is 0 Å². The second-order valence-corrected chi connectivity index (χ2v) is 4.00. The maximum atomic E-state index is 11.3. The van der Waals surface area contributed by atoms with Crippen molar-refractivity contribution < 1.29 is 4.79 Å². The van der Waals surface area contributed by atoms with E-state index in [4.69, 9.17) is 6.42 Å². The van der Waals surface area contributed by atoms with E-state index in [1.54, 1.807) is 0 Å². The molecule has 15 heavy (non-hydrogen) atoms. The van der Waals surface area contributed by atoms with E-state index in [0.29, 0.717) is 12.5 Å². The fourth-order valence-corrected chi connectivity index (χ4v) is 1.33. The van der Waals surface area contributed by atoms with Crippen molar-refractivity contribution in [1.82, 2.24) is 10.6 Å². The van der Waals surface area contributed by atoms with Gasteiger partial charge in [0, 0.05) is 25.4 Å². The van der Waals surface area contributed by atoms with Gasteiger partial charge in [0.15, 0.2) is 0 Å². The Bertz CT molecular complexity index is 228. The van der Waals surface area contributed by atoms with Gasteiger partial charge in [0.05, 0.1) is 0 Å². The molecule has 1 aliphatic rings. The predicted octanol–water partition coefficient (Wildman–Crippen LogP) is 1.05. The number of rotatable bonds is 8. The first-order chi connectivity index (χ1) is 7.33. The van der Waals surface area contributed by atoms with Crippen LogP contribution in [0.4, 0.5) is 0 Å². The number of hydrogen-bond donors (Lipinski definition) is 2. The molecule has 0 aromatic rings. The second kappa shape index (κ2) is 7.30. The van der Waals surface area contributed by atoms with E-state index in [0.717, 1.165) is 45.2 Å². The molecule has 0 radical (unpaired) electrons. The van der Waals surface area contributed by atoms with Gasteiger partial charge in [0.1, 0.15) is 0 Å². The summed E-state index contributed by atoms with van der Waals surface area (Å²) in [7, 11) is 0. The average Bonchev–Trinajstić information content (AvgIpc) is 3.00. The third-order valence-corrected chi connectivity index (χ3v) is 2.40. The summed E-state index contributed by atoms with van der Waals surface area (Å²) in [6.07, 6.45) is 11.1. The lowest BCUT2D eigenvalue weighted by Gasteiger charge is -2.04. The fourth-order valence-electron chi connectivity index (χ4n) is 1.33. The summed E-state index contributed by atoms with van der Waals surface area (Å²) in [5, 5.41) is 6.20. The van der Waals surface area contributed by atoms with Crippen LogP contribution in [0.1, 0.15) is 38.5 Å². The van der Waals surface area contributed by atoms with Crippen LogP contribution < -0.4 is 10.6 Å². The Labute approximate surface area is 92.0 Å². The van der Waals surface area contributed by atoms with E-state index in [-0.39, 0.29) is 5.91 Å². The molecule has 0 saturated heterocycles. The van der Waals surface area contributed by atoms with Crippen molar-refractivity contribution >= 4 is 5.91 Å². The fraction of sp³-hybridized carbons (Fsp3) is 0.750. The van der Waals surface area contributed by atoms with Gasteiger partial charge in [0.25, 0.3) is 0 Å². The summed E-state index contributed by atoms with van der Waals surface area (Å²) in [5.41, 5.74) is 0. The molecule has 0 bridgehead atoms. The van der Waals surface area contributed by atoms with E-state index in [9.17, 15) is 4.79 Å². The lowest BCUT2D eigenvalue weighted by molar-refractivity contribution is -0.121. The van der Waals surface area contributed by atoms with E-state index >= 15 is 0 Å². The summed E-state index contributed by atoms with van der Waals surface area (Å²) in [6, 6.07) is 0.480. The average molecular weight is 208 g/mol. The van der Waals surface area contributed by atoms with Crippen LogP contribution >= 0.6 is 0 Å². The Morgan fingerprint density at radius 3 is 2.80 bits per heavy atom. The van der Waals surface area contributed by atoms with Crippen LogP contribution in [0.15, 0.2) is 0 Å². The molecule has 1 aliphatic carbocycles. The lowest BCUT2D eigenvalue weighted by Crippen LogP contribution is -2.29. The highest BCUT2D eigenvalue weighted by molar-refractivity contribution is 5.76. The number of terminal acetylenes is 1. The first kappa shape index (κ1) is 12.1. The molecule has 84 valence electrons. The Balaban J connectivity index is 1.79. The normalized spacial score (nSPS) is 14.6. The standard InChI is InChI=1S/C12H20N2O/c1-2-3-4-5-9-13-10-8-12(15)14-11-6-7-11/h1,11,13H,3-10H2,(H,14,15). The van der Waals surface area contributed by atoms with E-state index < -0.39 is 0 Å². The molecule has 0 aromatic carbocycles. The Morgan fingerprint density at radius 2 is 2.13 bits per heavy atom. The van der Waals surface area contributed by atoms with Crippen LogP contribution in [-0.2, 0) is 4.79 Å². The van der Waals surface area contributed by atoms with E-state index in [1.165, 1.54) is 0 Å². The molecule has 3 heteroatoms. The van der Waals surface area contributed by atoms with Gasteiger partial charge in [-0.1, -0.05) is 0 Å². The van der Waals surface area contributed by atoms with Gasteiger partial charge >= 0.3 is 0 Å². The van der Waals surface area contributed by atoms with Crippen molar-refractivity contribution in [2.75, 3.05) is 13.1 Å². The van der Waals surface area contributed by atoms with Crippen LogP contribution in [0.3, 0.4) is 0 Å². The molecule has 0 unspecified atom stereocenters. The van der Waals surface area contributed by atoms with Crippen molar-refractivity contribution in [3.63, 3.8) is 0 Å². The van der Waals surface area contributed by atoms with Gasteiger partial charge in [-0.2, -0.15) is 0 Å². The summed E-state index contributed by atoms with van der Waals surface area (Å²) in [4.78, 5) is 11.3. The minimum absolute atomic E-state index is 0.175. The molecule has 1 fully saturated rings. The number of carbonyl (C=O) groups is 1. The Kier molecular flexibility index (Phi) is 5.87. The monoisotopic (exact) mass is 208 g/mol. The minimum Gasteiger partial charge on any atom is -0.353 e. The maximum absolute atomic E-state index is 11.3. The van der Waals surface area contributed by atoms with Crippen molar-refractivity contribution in [3.05, 3.63) is 0 Å². The predicted molar refractivity (Wildman–Crippen MR) is 61.3 cm³/mol. The number of hydrogen-bond acceptors (Lipinski definition) is 2. The largest absolute Gasteiger partial charge is 0.353 e. The van der Waals surface area contributed by atoms with Gasteiger partial charge in [0.2, 0.25) is 5.91 Å². The molecular formula is C12H20N2O. The van der Waals surface area contributed by atoms with Gasteiger partial charge < -0.3 is 10.6 Å². The van der Waals surface area contributed by atoms with Crippen molar-refractivity contribution in [1.29, 1.82) is 0 Å². The van der Waals surface area contributed by atoms with Crippen LogP contribution in [0.2, 0.25) is 0 Å². The lowest BCUT2D eigenvalue weighted by atomic mass is 10.2. The highest BCUT2D eigenvalue weighted by Gasteiger charge is 2.22. The van der Waals surface area contributed by atoms with Crippen molar-refractivity contribution in [2.45, 2.75) is 44.6 Å². The number of unbranched alkanes of at least 4 members (excludes halogenated alkanes) is 2. The van der Waals surface area contributed by atoms with E-state index in [2.05, 4.69) is 16.6 Å². The third-order valence-electron chi connectivity index (χ3n) is 2.40. The first-order valence-electron chi connectivity index (χ1n) is 5.76. The zero-order valence-corrected chi connectivity index (χ0v) is 9.22. The highest BCUT2D eigenvalue weighted by Crippen LogP contribution is 2.18. The smallest absolute Gasteiger partial charge is 0.221 e. The molecule has 0 aliphatic heterocycles. The maximum Gasteiger partial charge on any atom is 0.221 e. The summed E-state index contributed by atoms with van der Waals surface area (Å²) in [5.74, 6) is 2.79. The van der Waals surface area contributed by atoms with E-state index in [1.807, 2.05) is 0 Å². The molecule has 1 saturated carbocycles. The van der Waals surface area contributed by atoms with Crippen LogP contribution in [-0.4, -0.2) is 25.0 Å². The third kappa shape index (κ3) is 6.98. The van der Waals surface area contributed by atoms with Gasteiger partial charge in [-0.25, -0.2) is 0 Å². The second-order valence-electron chi connectivity index (χ2n) is 4.00. The first-order valence-corrected chi connectivity index (χ1v) is 5.76. The summed E-state index contributed by atoms with van der Waals surface area (Å²) in [6.45, 7) is 1.73. The SMILES string of the molecule is C#CCCCCNCCC(=O)NC1CC1. The molecule has 0 heterocycles. The molecule has 0 atom stereocenters. The van der Waals surface area contributed by atoms with Gasteiger partial charge in [-0.15, -0.1) is 12.3 Å².